The molecule has 2 heteroatoms. The van der Waals surface area contributed by atoms with E-state index >= 15 is 0 Å². The van der Waals surface area contributed by atoms with Crippen LogP contribution in [0.25, 0.3) is 21.5 Å². The lowest BCUT2D eigenvalue weighted by Crippen LogP contribution is -1.82. The summed E-state index contributed by atoms with van der Waals surface area (Å²) in [4.78, 5) is 0. The van der Waals surface area contributed by atoms with Crippen LogP contribution >= 0.6 is 0 Å². The zero-order valence-corrected chi connectivity index (χ0v) is 8.37. The fraction of sp³-hybridized carbons (Fsp3) is 0. The van der Waals surface area contributed by atoms with Crippen LogP contribution in [-0.4, -0.2) is 0 Å². The lowest BCUT2D eigenvalue weighted by Gasteiger charge is -2.04. The van der Waals surface area contributed by atoms with Crippen LogP contribution in [0.4, 0.5) is 8.78 Å². The summed E-state index contributed by atoms with van der Waals surface area (Å²) in [5, 5.41) is 3.05. The third-order valence-electron chi connectivity index (χ3n) is 2.79. The Morgan fingerprint density at radius 3 is 2.38 bits per heavy atom. The molecule has 0 spiro atoms. The fourth-order valence-corrected chi connectivity index (χ4v) is 2.03. The van der Waals surface area contributed by atoms with Gasteiger partial charge in [0, 0.05) is 5.39 Å². The Labute approximate surface area is 91.1 Å². The Hall–Kier alpha value is -1.96. The molecule has 0 atom stereocenters. The second-order valence-corrected chi connectivity index (χ2v) is 3.77. The van der Waals surface area contributed by atoms with Crippen molar-refractivity contribution in [2.45, 2.75) is 0 Å². The van der Waals surface area contributed by atoms with Gasteiger partial charge in [0.1, 0.15) is 11.6 Å². The molecule has 3 aromatic carbocycles. The Morgan fingerprint density at radius 1 is 0.688 bits per heavy atom. The molecule has 0 saturated carbocycles. The molecule has 0 bridgehead atoms. The van der Waals surface area contributed by atoms with E-state index in [1.807, 2.05) is 6.07 Å². The van der Waals surface area contributed by atoms with Gasteiger partial charge in [0.2, 0.25) is 0 Å². The molecule has 0 aliphatic rings. The third-order valence-corrected chi connectivity index (χ3v) is 2.79. The van der Waals surface area contributed by atoms with Crippen LogP contribution in [0.2, 0.25) is 0 Å². The number of fused-ring (bicyclic) bond motifs is 3. The Balaban J connectivity index is 2.55. The lowest BCUT2D eigenvalue weighted by atomic mass is 10.0. The van der Waals surface area contributed by atoms with E-state index in [2.05, 4.69) is 0 Å². The molecule has 16 heavy (non-hydrogen) atoms. The summed E-state index contributed by atoms with van der Waals surface area (Å²) >= 11 is 0. The van der Waals surface area contributed by atoms with E-state index in [-0.39, 0.29) is 11.6 Å². The summed E-state index contributed by atoms with van der Waals surface area (Å²) in [7, 11) is 0. The van der Waals surface area contributed by atoms with Crippen molar-refractivity contribution in [3.8, 4) is 0 Å². The molecule has 0 N–H and O–H groups in total. The first-order valence-electron chi connectivity index (χ1n) is 5.02. The van der Waals surface area contributed by atoms with Gasteiger partial charge < -0.3 is 0 Å². The maximum atomic E-state index is 13.5. The van der Waals surface area contributed by atoms with Gasteiger partial charge in [-0.05, 0) is 34.4 Å². The van der Waals surface area contributed by atoms with Gasteiger partial charge in [-0.2, -0.15) is 0 Å². The van der Waals surface area contributed by atoms with Gasteiger partial charge in [-0.1, -0.05) is 30.3 Å². The van der Waals surface area contributed by atoms with Crippen molar-refractivity contribution in [3.05, 3.63) is 60.2 Å². The van der Waals surface area contributed by atoms with Crippen molar-refractivity contribution in [1.82, 2.24) is 0 Å². The maximum Gasteiger partial charge on any atom is 0.131 e. The number of hydrogen-bond donors (Lipinski definition) is 0. The van der Waals surface area contributed by atoms with Crippen molar-refractivity contribution < 1.29 is 8.78 Å². The average molecular weight is 214 g/mol. The van der Waals surface area contributed by atoms with Gasteiger partial charge in [-0.3, -0.25) is 0 Å². The summed E-state index contributed by atoms with van der Waals surface area (Å²) in [6.45, 7) is 0. The first-order valence-corrected chi connectivity index (χ1v) is 5.02. The topological polar surface area (TPSA) is 0 Å². The van der Waals surface area contributed by atoms with Gasteiger partial charge in [0.15, 0.2) is 0 Å². The predicted octanol–water partition coefficient (Wildman–Crippen LogP) is 4.27. The number of halogens is 2. The van der Waals surface area contributed by atoms with Crippen molar-refractivity contribution in [2.24, 2.45) is 0 Å². The summed E-state index contributed by atoms with van der Waals surface area (Å²) in [5.74, 6) is -0.521. The van der Waals surface area contributed by atoms with Gasteiger partial charge in [0.05, 0.1) is 0 Å². The molecular formula is C14H8F2. The third kappa shape index (κ3) is 1.27. The van der Waals surface area contributed by atoms with Crippen LogP contribution in [-0.2, 0) is 0 Å². The lowest BCUT2D eigenvalue weighted by molar-refractivity contribution is 0.630. The number of rotatable bonds is 0. The second-order valence-electron chi connectivity index (χ2n) is 3.77. The SMILES string of the molecule is Fc1ccc2c(ccc3c(F)cccc32)c1. The molecule has 0 aliphatic heterocycles. The monoisotopic (exact) mass is 214 g/mol. The minimum Gasteiger partial charge on any atom is -0.207 e. The van der Waals surface area contributed by atoms with E-state index in [1.54, 1.807) is 24.3 Å². The first-order chi connectivity index (χ1) is 7.75. The largest absolute Gasteiger partial charge is 0.207 e. The van der Waals surface area contributed by atoms with Crippen LogP contribution in [0.1, 0.15) is 0 Å². The average Bonchev–Trinajstić information content (AvgIpc) is 2.28. The van der Waals surface area contributed by atoms with Crippen molar-refractivity contribution in [1.29, 1.82) is 0 Å². The highest BCUT2D eigenvalue weighted by atomic mass is 19.1. The Kier molecular flexibility index (Phi) is 1.90. The molecule has 0 amide bonds. The quantitative estimate of drug-likeness (QED) is 0.490. The summed E-state index contributed by atoms with van der Waals surface area (Å²) in [5.41, 5.74) is 0. The molecule has 3 aromatic rings. The molecule has 0 unspecified atom stereocenters. The van der Waals surface area contributed by atoms with Gasteiger partial charge in [0.25, 0.3) is 0 Å². The molecule has 0 radical (unpaired) electrons. The van der Waals surface area contributed by atoms with E-state index in [1.165, 1.54) is 18.2 Å². The Morgan fingerprint density at radius 2 is 1.50 bits per heavy atom. The molecule has 3 rings (SSSR count). The van der Waals surface area contributed by atoms with Crippen LogP contribution in [0, 0.1) is 11.6 Å². The van der Waals surface area contributed by atoms with Gasteiger partial charge in [-0.15, -0.1) is 0 Å². The Bertz CT molecular complexity index is 687. The molecule has 0 saturated heterocycles. The fourth-order valence-electron chi connectivity index (χ4n) is 2.03. The van der Waals surface area contributed by atoms with Crippen molar-refractivity contribution >= 4 is 21.5 Å². The van der Waals surface area contributed by atoms with Crippen LogP contribution in [0.3, 0.4) is 0 Å². The van der Waals surface area contributed by atoms with E-state index in [4.69, 9.17) is 0 Å². The molecule has 0 fully saturated rings. The molecule has 0 nitrogen and oxygen atoms in total. The summed E-state index contributed by atoms with van der Waals surface area (Å²) in [6, 6.07) is 12.9. The molecule has 0 heterocycles. The number of hydrogen-bond acceptors (Lipinski definition) is 0. The number of benzene rings is 3. The molecular weight excluding hydrogens is 206 g/mol. The molecule has 0 aromatic heterocycles. The van der Waals surface area contributed by atoms with Gasteiger partial charge in [-0.25, -0.2) is 8.78 Å². The van der Waals surface area contributed by atoms with E-state index in [9.17, 15) is 8.78 Å². The molecule has 0 aliphatic carbocycles. The van der Waals surface area contributed by atoms with E-state index in [0.717, 1.165) is 16.2 Å². The van der Waals surface area contributed by atoms with Crippen LogP contribution in [0.5, 0.6) is 0 Å². The highest BCUT2D eigenvalue weighted by molar-refractivity contribution is 6.07. The van der Waals surface area contributed by atoms with Crippen LogP contribution < -0.4 is 0 Å². The van der Waals surface area contributed by atoms with Crippen molar-refractivity contribution in [2.75, 3.05) is 0 Å². The normalized spacial score (nSPS) is 11.1. The van der Waals surface area contributed by atoms with Crippen molar-refractivity contribution in [3.63, 3.8) is 0 Å². The van der Waals surface area contributed by atoms with Crippen LogP contribution in [0.15, 0.2) is 48.5 Å². The maximum absolute atomic E-state index is 13.5. The minimum absolute atomic E-state index is 0.247. The summed E-state index contributed by atoms with van der Waals surface area (Å²) in [6.07, 6.45) is 0. The highest BCUT2D eigenvalue weighted by Crippen LogP contribution is 2.27. The smallest absolute Gasteiger partial charge is 0.131 e. The first kappa shape index (κ1) is 9.28. The molecule has 78 valence electrons. The highest BCUT2D eigenvalue weighted by Gasteiger charge is 2.04. The summed E-state index contributed by atoms with van der Waals surface area (Å²) < 4.78 is 26.6. The van der Waals surface area contributed by atoms with E-state index in [0.29, 0.717) is 5.39 Å². The standard InChI is InChI=1S/C14H8F2/c15-10-5-7-11-9(8-10)4-6-13-12(11)2-1-3-14(13)16/h1-8H. The predicted molar refractivity (Wildman–Crippen MR) is 61.4 cm³/mol. The van der Waals surface area contributed by atoms with E-state index < -0.39 is 0 Å². The second kappa shape index (κ2) is 3.27. The zero-order chi connectivity index (χ0) is 11.1. The van der Waals surface area contributed by atoms with Gasteiger partial charge >= 0.3 is 0 Å². The zero-order valence-electron chi connectivity index (χ0n) is 8.37. The minimum atomic E-state index is -0.275.